The summed E-state index contributed by atoms with van der Waals surface area (Å²) in [7, 11) is 0. The lowest BCUT2D eigenvalue weighted by Crippen LogP contribution is -2.21. The molecule has 9 heteroatoms. The number of thiophene rings is 1. The second-order valence-corrected chi connectivity index (χ2v) is 7.33. The largest absolute Gasteiger partial charge is 0.464 e. The van der Waals surface area contributed by atoms with Crippen molar-refractivity contribution in [3.05, 3.63) is 65.4 Å². The van der Waals surface area contributed by atoms with E-state index in [1.54, 1.807) is 30.5 Å². The van der Waals surface area contributed by atoms with Gasteiger partial charge in [-0.1, -0.05) is 18.2 Å². The number of rotatable bonds is 7. The molecule has 0 radical (unpaired) electrons. The molecule has 0 aliphatic carbocycles. The van der Waals surface area contributed by atoms with Gasteiger partial charge in [0.2, 0.25) is 0 Å². The summed E-state index contributed by atoms with van der Waals surface area (Å²) in [5, 5.41) is 5.46. The van der Waals surface area contributed by atoms with Crippen molar-refractivity contribution in [1.82, 2.24) is 4.98 Å². The fraction of sp³-hybridized carbons (Fsp3) is 0.136. The standard InChI is InChI=1S/C22H18N2O6S/c1-2-28-22(27)19-14(17-8-5-9-29-17)12-31-20(19)24-18(25)11-30-21(26)16-10-13-6-3-4-7-15(13)23-16/h3-10,12,23H,2,11H2,1H3,(H,24,25). The van der Waals surface area contributed by atoms with Crippen LogP contribution in [0.4, 0.5) is 5.00 Å². The third-order valence-corrected chi connectivity index (χ3v) is 5.29. The van der Waals surface area contributed by atoms with Crippen molar-refractivity contribution >= 4 is 45.1 Å². The molecule has 2 N–H and O–H groups in total. The first kappa shape index (κ1) is 20.4. The van der Waals surface area contributed by atoms with Crippen molar-refractivity contribution in [1.29, 1.82) is 0 Å². The summed E-state index contributed by atoms with van der Waals surface area (Å²) in [6.07, 6.45) is 1.49. The molecular weight excluding hydrogens is 420 g/mol. The highest BCUT2D eigenvalue weighted by atomic mass is 32.1. The van der Waals surface area contributed by atoms with E-state index < -0.39 is 24.5 Å². The molecule has 4 aromatic rings. The number of carbonyl (C=O) groups excluding carboxylic acids is 3. The molecule has 0 atom stereocenters. The molecule has 8 nitrogen and oxygen atoms in total. The second kappa shape index (κ2) is 8.88. The van der Waals surface area contributed by atoms with Crippen molar-refractivity contribution in [2.45, 2.75) is 6.92 Å². The van der Waals surface area contributed by atoms with Gasteiger partial charge in [0.25, 0.3) is 5.91 Å². The van der Waals surface area contributed by atoms with Crippen molar-refractivity contribution in [2.75, 3.05) is 18.5 Å². The van der Waals surface area contributed by atoms with Crippen LogP contribution in [-0.4, -0.2) is 36.0 Å². The lowest BCUT2D eigenvalue weighted by Gasteiger charge is -2.08. The highest BCUT2D eigenvalue weighted by molar-refractivity contribution is 7.15. The maximum absolute atomic E-state index is 12.5. The van der Waals surface area contributed by atoms with Gasteiger partial charge in [-0.3, -0.25) is 4.79 Å². The Morgan fingerprint density at radius 3 is 2.68 bits per heavy atom. The van der Waals surface area contributed by atoms with Crippen LogP contribution in [0, 0.1) is 0 Å². The van der Waals surface area contributed by atoms with Crippen LogP contribution in [0.2, 0.25) is 0 Å². The van der Waals surface area contributed by atoms with Crippen LogP contribution in [-0.2, 0) is 14.3 Å². The minimum absolute atomic E-state index is 0.182. The first-order valence-electron chi connectivity index (χ1n) is 9.44. The van der Waals surface area contributed by atoms with E-state index in [-0.39, 0.29) is 22.9 Å². The number of carbonyl (C=O) groups is 3. The zero-order valence-corrected chi connectivity index (χ0v) is 17.3. The molecule has 0 aliphatic heterocycles. The Morgan fingerprint density at radius 2 is 1.94 bits per heavy atom. The number of anilines is 1. The Labute approximate surface area is 180 Å². The van der Waals surface area contributed by atoms with Crippen LogP contribution in [0.3, 0.4) is 0 Å². The van der Waals surface area contributed by atoms with Crippen LogP contribution in [0.5, 0.6) is 0 Å². The van der Waals surface area contributed by atoms with Crippen molar-refractivity contribution in [3.8, 4) is 11.3 Å². The van der Waals surface area contributed by atoms with Crippen LogP contribution < -0.4 is 5.32 Å². The predicted molar refractivity (Wildman–Crippen MR) is 115 cm³/mol. The fourth-order valence-electron chi connectivity index (χ4n) is 3.02. The summed E-state index contributed by atoms with van der Waals surface area (Å²) in [4.78, 5) is 40.1. The molecule has 1 aromatic carbocycles. The number of benzene rings is 1. The number of nitrogens with one attached hydrogen (secondary N) is 2. The van der Waals surface area contributed by atoms with Gasteiger partial charge in [-0.05, 0) is 31.2 Å². The van der Waals surface area contributed by atoms with E-state index in [0.717, 1.165) is 22.2 Å². The number of esters is 2. The fourth-order valence-corrected chi connectivity index (χ4v) is 3.98. The number of hydrogen-bond donors (Lipinski definition) is 2. The lowest BCUT2D eigenvalue weighted by atomic mass is 10.1. The van der Waals surface area contributed by atoms with Gasteiger partial charge in [0, 0.05) is 21.8 Å². The minimum Gasteiger partial charge on any atom is -0.464 e. The molecule has 0 fully saturated rings. The third-order valence-electron chi connectivity index (χ3n) is 4.39. The first-order chi connectivity index (χ1) is 15.1. The van der Waals surface area contributed by atoms with Gasteiger partial charge in [-0.15, -0.1) is 11.3 Å². The molecule has 31 heavy (non-hydrogen) atoms. The molecule has 0 spiro atoms. The lowest BCUT2D eigenvalue weighted by molar-refractivity contribution is -0.119. The number of hydrogen-bond acceptors (Lipinski definition) is 7. The molecular formula is C22H18N2O6S. The van der Waals surface area contributed by atoms with Gasteiger partial charge in [0.05, 0.1) is 12.9 Å². The van der Waals surface area contributed by atoms with Gasteiger partial charge in [-0.25, -0.2) is 9.59 Å². The maximum Gasteiger partial charge on any atom is 0.355 e. The average molecular weight is 438 g/mol. The first-order valence-corrected chi connectivity index (χ1v) is 10.3. The molecule has 0 bridgehead atoms. The monoisotopic (exact) mass is 438 g/mol. The smallest absolute Gasteiger partial charge is 0.355 e. The highest BCUT2D eigenvalue weighted by Crippen LogP contribution is 2.36. The third kappa shape index (κ3) is 4.36. The summed E-state index contributed by atoms with van der Waals surface area (Å²) in [6, 6.07) is 12.5. The number of ether oxygens (including phenoxy) is 2. The van der Waals surface area contributed by atoms with Crippen LogP contribution >= 0.6 is 11.3 Å². The molecule has 0 saturated carbocycles. The molecule has 4 rings (SSSR count). The van der Waals surface area contributed by atoms with E-state index in [0.29, 0.717) is 11.3 Å². The molecule has 3 aromatic heterocycles. The Bertz CT molecular complexity index is 1210. The summed E-state index contributed by atoms with van der Waals surface area (Å²) >= 11 is 1.15. The van der Waals surface area contributed by atoms with E-state index in [9.17, 15) is 14.4 Å². The summed E-state index contributed by atoms with van der Waals surface area (Å²) in [6.45, 7) is 1.37. The Balaban J connectivity index is 1.45. The Hall–Kier alpha value is -3.85. The van der Waals surface area contributed by atoms with Gasteiger partial charge in [0.15, 0.2) is 6.61 Å². The summed E-state index contributed by atoms with van der Waals surface area (Å²) in [5.74, 6) is -1.34. The number of aromatic amines is 1. The topological polar surface area (TPSA) is 111 Å². The normalized spacial score (nSPS) is 10.7. The number of furan rings is 1. The van der Waals surface area contributed by atoms with Crippen molar-refractivity contribution in [3.63, 3.8) is 0 Å². The molecule has 0 aliphatic rings. The van der Waals surface area contributed by atoms with Gasteiger partial charge < -0.3 is 24.2 Å². The van der Waals surface area contributed by atoms with Gasteiger partial charge >= 0.3 is 11.9 Å². The van der Waals surface area contributed by atoms with Crippen molar-refractivity contribution in [2.24, 2.45) is 0 Å². The SMILES string of the molecule is CCOC(=O)c1c(-c2ccco2)csc1NC(=O)COC(=O)c1cc2ccccc2[nH]1. The zero-order chi connectivity index (χ0) is 21.8. The summed E-state index contributed by atoms with van der Waals surface area (Å²) < 4.78 is 15.6. The van der Waals surface area contributed by atoms with Crippen LogP contribution in [0.15, 0.2) is 58.5 Å². The Kier molecular flexibility index (Phi) is 5.85. The molecule has 3 heterocycles. The second-order valence-electron chi connectivity index (χ2n) is 6.45. The van der Waals surface area contributed by atoms with Crippen LogP contribution in [0.25, 0.3) is 22.2 Å². The molecule has 0 unspecified atom stereocenters. The van der Waals surface area contributed by atoms with Gasteiger partial charge in [-0.2, -0.15) is 0 Å². The van der Waals surface area contributed by atoms with E-state index in [2.05, 4.69) is 10.3 Å². The van der Waals surface area contributed by atoms with E-state index in [1.165, 1.54) is 6.26 Å². The molecule has 0 saturated heterocycles. The van der Waals surface area contributed by atoms with Crippen molar-refractivity contribution < 1.29 is 28.3 Å². The number of para-hydroxylation sites is 1. The number of fused-ring (bicyclic) bond motifs is 1. The number of H-pyrrole nitrogens is 1. The van der Waals surface area contributed by atoms with E-state index >= 15 is 0 Å². The predicted octanol–water partition coefficient (Wildman–Crippen LogP) is 4.46. The number of aromatic nitrogens is 1. The molecule has 1 amide bonds. The summed E-state index contributed by atoms with van der Waals surface area (Å²) in [5.41, 5.74) is 1.75. The highest BCUT2D eigenvalue weighted by Gasteiger charge is 2.24. The van der Waals surface area contributed by atoms with E-state index in [4.69, 9.17) is 13.9 Å². The zero-order valence-electron chi connectivity index (χ0n) is 16.5. The minimum atomic E-state index is -0.653. The Morgan fingerprint density at radius 1 is 1.10 bits per heavy atom. The number of amides is 1. The maximum atomic E-state index is 12.5. The molecule has 158 valence electrons. The van der Waals surface area contributed by atoms with Gasteiger partial charge in [0.1, 0.15) is 22.0 Å². The van der Waals surface area contributed by atoms with E-state index in [1.807, 2.05) is 24.3 Å². The average Bonchev–Trinajstić information content (AvgIpc) is 3.50. The quantitative estimate of drug-likeness (QED) is 0.412. The van der Waals surface area contributed by atoms with Crippen LogP contribution in [0.1, 0.15) is 27.8 Å².